The lowest BCUT2D eigenvalue weighted by atomic mass is 9.89. The van der Waals surface area contributed by atoms with Crippen LogP contribution in [0.5, 0.6) is 0 Å². The van der Waals surface area contributed by atoms with E-state index in [2.05, 4.69) is 0 Å². The van der Waals surface area contributed by atoms with Gasteiger partial charge in [0.05, 0.1) is 0 Å². The van der Waals surface area contributed by atoms with E-state index in [1.54, 1.807) is 24.3 Å². The van der Waals surface area contributed by atoms with Crippen molar-refractivity contribution in [3.63, 3.8) is 0 Å². The first-order chi connectivity index (χ1) is 13.9. The minimum atomic E-state index is 0.0345. The topological polar surface area (TPSA) is 117 Å². The highest BCUT2D eigenvalue weighted by atomic mass is 16.1. The molecule has 0 heterocycles. The molecular weight excluding hydrogens is 360 g/mol. The van der Waals surface area contributed by atoms with Crippen LogP contribution in [0.15, 0.2) is 59.7 Å². The normalized spacial score (nSPS) is 17.7. The molecule has 5 heteroatoms. The number of allylic oxidation sites excluding steroid dienone is 2. The van der Waals surface area contributed by atoms with Crippen molar-refractivity contribution in [2.45, 2.75) is 32.1 Å². The van der Waals surface area contributed by atoms with E-state index in [4.69, 9.17) is 22.3 Å². The van der Waals surface area contributed by atoms with Crippen molar-refractivity contribution in [3.8, 4) is 0 Å². The highest BCUT2D eigenvalue weighted by Crippen LogP contribution is 2.26. The summed E-state index contributed by atoms with van der Waals surface area (Å²) in [7, 11) is 0. The lowest BCUT2D eigenvalue weighted by molar-refractivity contribution is -0.112. The van der Waals surface area contributed by atoms with Crippen LogP contribution in [0.2, 0.25) is 0 Å². The van der Waals surface area contributed by atoms with Crippen molar-refractivity contribution in [1.82, 2.24) is 0 Å². The van der Waals surface area contributed by atoms with Gasteiger partial charge in [0.1, 0.15) is 11.7 Å². The van der Waals surface area contributed by atoms with Gasteiger partial charge in [0, 0.05) is 22.3 Å². The molecule has 1 aliphatic rings. The third kappa shape index (κ3) is 5.29. The van der Waals surface area contributed by atoms with E-state index in [1.165, 1.54) is 0 Å². The van der Waals surface area contributed by atoms with Gasteiger partial charge < -0.3 is 11.5 Å². The molecule has 0 aliphatic heterocycles. The smallest absolute Gasteiger partial charge is 0.185 e. The van der Waals surface area contributed by atoms with E-state index in [9.17, 15) is 4.79 Å². The number of carbonyl (C=O) groups excluding carboxylic acids is 1. The average molecular weight is 386 g/mol. The lowest BCUT2D eigenvalue weighted by Crippen LogP contribution is -2.11. The Morgan fingerprint density at radius 3 is 1.41 bits per heavy atom. The van der Waals surface area contributed by atoms with Crippen molar-refractivity contribution in [2.24, 2.45) is 11.5 Å². The summed E-state index contributed by atoms with van der Waals surface area (Å²) in [6.45, 7) is 0. The van der Waals surface area contributed by atoms with Crippen molar-refractivity contribution < 1.29 is 4.79 Å². The Kier molecular flexibility index (Phi) is 6.39. The Labute approximate surface area is 171 Å². The number of nitrogens with two attached hydrogens (primary N) is 2. The Balaban J connectivity index is 1.89. The van der Waals surface area contributed by atoms with Gasteiger partial charge in [-0.15, -0.1) is 0 Å². The van der Waals surface area contributed by atoms with Crippen LogP contribution in [0.25, 0.3) is 12.2 Å². The number of Topliss-reactive ketones (excluding diaryl/α,β-unsaturated/α-hetero) is 1. The largest absolute Gasteiger partial charge is 0.384 e. The third-order valence-electron chi connectivity index (χ3n) is 5.10. The second kappa shape index (κ2) is 9.15. The minimum Gasteiger partial charge on any atom is -0.384 e. The number of benzene rings is 2. The zero-order chi connectivity index (χ0) is 20.8. The zero-order valence-electron chi connectivity index (χ0n) is 16.4. The first kappa shape index (κ1) is 20.3. The molecule has 0 atom stereocenters. The number of amidine groups is 2. The maximum Gasteiger partial charge on any atom is 0.185 e. The molecule has 2 aromatic carbocycles. The van der Waals surface area contributed by atoms with Gasteiger partial charge in [-0.1, -0.05) is 55.0 Å². The van der Waals surface area contributed by atoms with Gasteiger partial charge in [0.25, 0.3) is 0 Å². The SMILES string of the molecule is N=C(N)c1ccc(C=C2CCCCCC(=Cc3ccc(C(=N)N)cc3)C2=O)cc1. The first-order valence-corrected chi connectivity index (χ1v) is 9.79. The Morgan fingerprint density at radius 2 is 1.07 bits per heavy atom. The number of hydrogen-bond donors (Lipinski definition) is 4. The molecule has 0 amide bonds. The molecule has 0 aromatic heterocycles. The van der Waals surface area contributed by atoms with Crippen molar-refractivity contribution in [1.29, 1.82) is 10.8 Å². The summed E-state index contributed by atoms with van der Waals surface area (Å²) in [6, 6.07) is 14.8. The fourth-order valence-corrected chi connectivity index (χ4v) is 3.44. The fourth-order valence-electron chi connectivity index (χ4n) is 3.44. The van der Waals surface area contributed by atoms with Gasteiger partial charge >= 0.3 is 0 Å². The Hall–Kier alpha value is -3.47. The van der Waals surface area contributed by atoms with Gasteiger partial charge in [0.2, 0.25) is 0 Å². The number of rotatable bonds is 4. The third-order valence-corrected chi connectivity index (χ3v) is 5.10. The van der Waals surface area contributed by atoms with Gasteiger partial charge in [0.15, 0.2) is 5.78 Å². The molecule has 2 aromatic rings. The summed E-state index contributed by atoms with van der Waals surface area (Å²) in [5, 5.41) is 15.0. The van der Waals surface area contributed by atoms with Crippen LogP contribution in [0.1, 0.15) is 54.4 Å². The van der Waals surface area contributed by atoms with E-state index in [1.807, 2.05) is 36.4 Å². The molecule has 0 radical (unpaired) electrons. The van der Waals surface area contributed by atoms with Gasteiger partial charge in [-0.25, -0.2) is 0 Å². The summed E-state index contributed by atoms with van der Waals surface area (Å²) >= 11 is 0. The highest BCUT2D eigenvalue weighted by molar-refractivity contribution is 6.13. The van der Waals surface area contributed by atoms with Gasteiger partial charge in [-0.3, -0.25) is 15.6 Å². The molecule has 29 heavy (non-hydrogen) atoms. The van der Waals surface area contributed by atoms with Gasteiger partial charge in [-0.2, -0.15) is 0 Å². The van der Waals surface area contributed by atoms with Crippen LogP contribution in [0, 0.1) is 10.8 Å². The summed E-state index contributed by atoms with van der Waals surface area (Å²) in [5.74, 6) is 0.162. The number of ketones is 1. The maximum absolute atomic E-state index is 13.2. The maximum atomic E-state index is 13.2. The number of hydrogen-bond acceptors (Lipinski definition) is 3. The molecule has 0 spiro atoms. The number of carbonyl (C=O) groups is 1. The van der Waals surface area contributed by atoms with E-state index in [0.29, 0.717) is 11.1 Å². The van der Waals surface area contributed by atoms with Crippen LogP contribution < -0.4 is 11.5 Å². The second-order valence-electron chi connectivity index (χ2n) is 7.30. The first-order valence-electron chi connectivity index (χ1n) is 9.79. The van der Waals surface area contributed by atoms with Crippen molar-refractivity contribution >= 4 is 29.6 Å². The van der Waals surface area contributed by atoms with Gasteiger partial charge in [-0.05, 0) is 49.0 Å². The molecule has 1 saturated carbocycles. The number of nitrogens with one attached hydrogen (secondary N) is 2. The molecule has 0 saturated heterocycles. The summed E-state index contributed by atoms with van der Waals surface area (Å²) in [5.41, 5.74) is 15.9. The van der Waals surface area contributed by atoms with Crippen LogP contribution in [-0.4, -0.2) is 17.5 Å². The van der Waals surface area contributed by atoms with Crippen molar-refractivity contribution in [3.05, 3.63) is 81.9 Å². The van der Waals surface area contributed by atoms with Crippen LogP contribution in [-0.2, 0) is 4.79 Å². The minimum absolute atomic E-state index is 0.0345. The molecule has 5 nitrogen and oxygen atoms in total. The van der Waals surface area contributed by atoms with E-state index >= 15 is 0 Å². The van der Waals surface area contributed by atoms with Crippen LogP contribution >= 0.6 is 0 Å². The quantitative estimate of drug-likeness (QED) is 0.357. The molecule has 148 valence electrons. The van der Waals surface area contributed by atoms with Crippen LogP contribution in [0.4, 0.5) is 0 Å². The van der Waals surface area contributed by atoms with Crippen LogP contribution in [0.3, 0.4) is 0 Å². The lowest BCUT2D eigenvalue weighted by Gasteiger charge is -2.15. The molecule has 6 N–H and O–H groups in total. The summed E-state index contributed by atoms with van der Waals surface area (Å²) in [4.78, 5) is 13.2. The molecule has 0 bridgehead atoms. The Morgan fingerprint density at radius 1 is 0.690 bits per heavy atom. The predicted molar refractivity (Wildman–Crippen MR) is 119 cm³/mol. The average Bonchev–Trinajstić information content (AvgIpc) is 2.71. The molecule has 0 unspecified atom stereocenters. The Bertz CT molecular complexity index is 903. The summed E-state index contributed by atoms with van der Waals surface area (Å²) < 4.78 is 0. The van der Waals surface area contributed by atoms with Crippen molar-refractivity contribution in [2.75, 3.05) is 0 Å². The second-order valence-corrected chi connectivity index (χ2v) is 7.30. The van der Waals surface area contributed by atoms with E-state index in [0.717, 1.165) is 54.4 Å². The predicted octanol–water partition coefficient (Wildman–Crippen LogP) is 4.25. The van der Waals surface area contributed by atoms with E-state index < -0.39 is 0 Å². The zero-order valence-corrected chi connectivity index (χ0v) is 16.4. The molecular formula is C24H26N4O. The van der Waals surface area contributed by atoms with E-state index in [-0.39, 0.29) is 17.5 Å². The molecule has 3 rings (SSSR count). The monoisotopic (exact) mass is 386 g/mol. The highest BCUT2D eigenvalue weighted by Gasteiger charge is 2.18. The molecule has 1 fully saturated rings. The number of nitrogen functional groups attached to an aromatic ring is 2. The molecule has 1 aliphatic carbocycles. The summed E-state index contributed by atoms with van der Waals surface area (Å²) in [6.07, 6.45) is 8.51. The standard InChI is InChI=1S/C24H26N4O/c25-23(26)18-10-6-16(7-11-18)14-20-4-2-1-3-5-21(22(20)29)15-17-8-12-19(13-9-17)24(27)28/h6-15H,1-5H2,(H3,25,26)(H3,27,28). The fraction of sp³-hybridized carbons (Fsp3) is 0.208.